The first kappa shape index (κ1) is 8.26. The molecule has 0 aliphatic heterocycles. The first-order chi connectivity index (χ1) is 6.27. The molecule has 4 heteroatoms. The predicted molar refractivity (Wildman–Crippen MR) is 51.1 cm³/mol. The Morgan fingerprint density at radius 1 is 1.38 bits per heavy atom. The number of aryl methyl sites for hydroxylation is 1. The summed E-state index contributed by atoms with van der Waals surface area (Å²) in [4.78, 5) is 3.88. The molecule has 13 heavy (non-hydrogen) atoms. The molecule has 3 nitrogen and oxygen atoms in total. The standard InChI is InChI=1S/C9H8ClN3/c1-7-4-8(10)2-3-9(7)13-6-11-5-12-13/h2-6H,1H3. The highest BCUT2D eigenvalue weighted by Crippen LogP contribution is 2.17. The maximum Gasteiger partial charge on any atom is 0.138 e. The molecule has 0 radical (unpaired) electrons. The van der Waals surface area contributed by atoms with Gasteiger partial charge in [-0.2, -0.15) is 5.10 Å². The van der Waals surface area contributed by atoms with E-state index in [2.05, 4.69) is 10.1 Å². The molecule has 0 amide bonds. The Kier molecular flexibility index (Phi) is 2.02. The van der Waals surface area contributed by atoms with Crippen LogP contribution in [0.3, 0.4) is 0 Å². The van der Waals surface area contributed by atoms with Gasteiger partial charge < -0.3 is 0 Å². The maximum absolute atomic E-state index is 5.83. The Morgan fingerprint density at radius 3 is 2.85 bits per heavy atom. The first-order valence-corrected chi connectivity index (χ1v) is 4.26. The second-order valence-electron chi connectivity index (χ2n) is 2.77. The van der Waals surface area contributed by atoms with Gasteiger partial charge in [-0.1, -0.05) is 11.6 Å². The summed E-state index contributed by atoms with van der Waals surface area (Å²) >= 11 is 5.83. The van der Waals surface area contributed by atoms with E-state index in [-0.39, 0.29) is 0 Å². The Balaban J connectivity index is 2.53. The van der Waals surface area contributed by atoms with Crippen molar-refractivity contribution in [3.8, 4) is 5.69 Å². The molecule has 0 spiro atoms. The van der Waals surface area contributed by atoms with Crippen molar-refractivity contribution < 1.29 is 0 Å². The molecule has 0 bridgehead atoms. The van der Waals surface area contributed by atoms with E-state index in [0.29, 0.717) is 0 Å². The van der Waals surface area contributed by atoms with Crippen LogP contribution in [0.5, 0.6) is 0 Å². The number of halogens is 1. The van der Waals surface area contributed by atoms with Crippen LogP contribution in [0.1, 0.15) is 5.56 Å². The van der Waals surface area contributed by atoms with E-state index in [9.17, 15) is 0 Å². The van der Waals surface area contributed by atoms with Crippen molar-refractivity contribution in [2.24, 2.45) is 0 Å². The highest BCUT2D eigenvalue weighted by Gasteiger charge is 2.00. The third-order valence-electron chi connectivity index (χ3n) is 1.82. The largest absolute Gasteiger partial charge is 0.223 e. The van der Waals surface area contributed by atoms with E-state index < -0.39 is 0 Å². The van der Waals surface area contributed by atoms with Crippen molar-refractivity contribution in [2.45, 2.75) is 6.92 Å². The molecule has 1 aromatic heterocycles. The second-order valence-corrected chi connectivity index (χ2v) is 3.21. The lowest BCUT2D eigenvalue weighted by molar-refractivity contribution is 0.871. The quantitative estimate of drug-likeness (QED) is 0.696. The molecule has 0 N–H and O–H groups in total. The number of hydrogen-bond donors (Lipinski definition) is 0. The summed E-state index contributed by atoms with van der Waals surface area (Å²) in [6.45, 7) is 1.99. The van der Waals surface area contributed by atoms with Gasteiger partial charge in [-0.3, -0.25) is 0 Å². The average Bonchev–Trinajstić information content (AvgIpc) is 2.56. The molecule has 0 unspecified atom stereocenters. The van der Waals surface area contributed by atoms with Crippen molar-refractivity contribution >= 4 is 11.6 Å². The van der Waals surface area contributed by atoms with Gasteiger partial charge in [0.05, 0.1) is 5.69 Å². The van der Waals surface area contributed by atoms with Crippen LogP contribution in [0.2, 0.25) is 5.02 Å². The van der Waals surface area contributed by atoms with Gasteiger partial charge in [-0.25, -0.2) is 9.67 Å². The lowest BCUT2D eigenvalue weighted by Gasteiger charge is -2.04. The highest BCUT2D eigenvalue weighted by molar-refractivity contribution is 6.30. The van der Waals surface area contributed by atoms with E-state index >= 15 is 0 Å². The molecule has 2 rings (SSSR count). The molecule has 0 saturated heterocycles. The zero-order valence-corrected chi connectivity index (χ0v) is 7.86. The van der Waals surface area contributed by atoms with Crippen LogP contribution in [0, 0.1) is 6.92 Å². The molecule has 0 atom stereocenters. The Morgan fingerprint density at radius 2 is 2.23 bits per heavy atom. The summed E-state index contributed by atoms with van der Waals surface area (Å²) in [7, 11) is 0. The zero-order valence-electron chi connectivity index (χ0n) is 7.11. The van der Waals surface area contributed by atoms with Crippen LogP contribution in [-0.2, 0) is 0 Å². The zero-order chi connectivity index (χ0) is 9.26. The van der Waals surface area contributed by atoms with E-state index in [1.165, 1.54) is 6.33 Å². The molecule has 0 saturated carbocycles. The third-order valence-corrected chi connectivity index (χ3v) is 2.06. The molecular formula is C9H8ClN3. The summed E-state index contributed by atoms with van der Waals surface area (Å²) < 4.78 is 1.71. The number of rotatable bonds is 1. The van der Waals surface area contributed by atoms with Crippen LogP contribution >= 0.6 is 11.6 Å². The molecule has 2 aromatic rings. The monoisotopic (exact) mass is 193 g/mol. The minimum atomic E-state index is 0.737. The van der Waals surface area contributed by atoms with Crippen LogP contribution in [0.25, 0.3) is 5.69 Å². The normalized spacial score (nSPS) is 10.3. The molecule has 0 aliphatic rings. The SMILES string of the molecule is Cc1cc(Cl)ccc1-n1cncn1. The minimum absolute atomic E-state index is 0.737. The lowest BCUT2D eigenvalue weighted by atomic mass is 10.2. The van der Waals surface area contributed by atoms with Crippen LogP contribution in [-0.4, -0.2) is 14.8 Å². The fourth-order valence-corrected chi connectivity index (χ4v) is 1.44. The second kappa shape index (κ2) is 3.18. The summed E-state index contributed by atoms with van der Waals surface area (Å²) in [6, 6.07) is 5.66. The first-order valence-electron chi connectivity index (χ1n) is 3.88. The topological polar surface area (TPSA) is 30.7 Å². The number of nitrogens with zero attached hydrogens (tertiary/aromatic N) is 3. The molecule has 66 valence electrons. The Hall–Kier alpha value is -1.35. The summed E-state index contributed by atoms with van der Waals surface area (Å²) in [5, 5.41) is 4.78. The van der Waals surface area contributed by atoms with Crippen molar-refractivity contribution in [1.29, 1.82) is 0 Å². The summed E-state index contributed by atoms with van der Waals surface area (Å²) in [6.07, 6.45) is 3.17. The lowest BCUT2D eigenvalue weighted by Crippen LogP contribution is -1.96. The fraction of sp³-hybridized carbons (Fsp3) is 0.111. The van der Waals surface area contributed by atoms with Gasteiger partial charge in [-0.15, -0.1) is 0 Å². The van der Waals surface area contributed by atoms with E-state index in [1.54, 1.807) is 11.0 Å². The van der Waals surface area contributed by atoms with Gasteiger partial charge in [0.2, 0.25) is 0 Å². The van der Waals surface area contributed by atoms with Crippen molar-refractivity contribution in [1.82, 2.24) is 14.8 Å². The van der Waals surface area contributed by atoms with E-state index in [4.69, 9.17) is 11.6 Å². The van der Waals surface area contributed by atoms with Gasteiger partial charge in [0, 0.05) is 5.02 Å². The Labute approximate surface area is 81.0 Å². The average molecular weight is 194 g/mol. The smallest absolute Gasteiger partial charge is 0.138 e. The van der Waals surface area contributed by atoms with Gasteiger partial charge in [0.15, 0.2) is 0 Å². The van der Waals surface area contributed by atoms with Gasteiger partial charge >= 0.3 is 0 Å². The molecule has 0 fully saturated rings. The summed E-state index contributed by atoms with van der Waals surface area (Å²) in [5.41, 5.74) is 2.08. The molecule has 1 heterocycles. The fourth-order valence-electron chi connectivity index (χ4n) is 1.21. The van der Waals surface area contributed by atoms with Gasteiger partial charge in [0.1, 0.15) is 12.7 Å². The van der Waals surface area contributed by atoms with Crippen molar-refractivity contribution in [3.05, 3.63) is 41.4 Å². The maximum atomic E-state index is 5.83. The molecule has 1 aromatic carbocycles. The van der Waals surface area contributed by atoms with E-state index in [1.807, 2.05) is 25.1 Å². The molecule has 0 aliphatic carbocycles. The number of aromatic nitrogens is 3. The van der Waals surface area contributed by atoms with Crippen LogP contribution in [0.4, 0.5) is 0 Å². The third kappa shape index (κ3) is 1.55. The molecular weight excluding hydrogens is 186 g/mol. The number of benzene rings is 1. The number of hydrogen-bond acceptors (Lipinski definition) is 2. The minimum Gasteiger partial charge on any atom is -0.223 e. The summed E-state index contributed by atoms with van der Waals surface area (Å²) in [5.74, 6) is 0. The van der Waals surface area contributed by atoms with Crippen molar-refractivity contribution in [3.63, 3.8) is 0 Å². The van der Waals surface area contributed by atoms with E-state index in [0.717, 1.165) is 16.3 Å². The van der Waals surface area contributed by atoms with Crippen LogP contribution < -0.4 is 0 Å². The van der Waals surface area contributed by atoms with Gasteiger partial charge in [0.25, 0.3) is 0 Å². The Bertz CT molecular complexity index is 409. The highest BCUT2D eigenvalue weighted by atomic mass is 35.5. The van der Waals surface area contributed by atoms with Crippen molar-refractivity contribution in [2.75, 3.05) is 0 Å². The van der Waals surface area contributed by atoms with Crippen LogP contribution in [0.15, 0.2) is 30.9 Å². The van der Waals surface area contributed by atoms with Gasteiger partial charge in [-0.05, 0) is 30.7 Å². The predicted octanol–water partition coefficient (Wildman–Crippen LogP) is 2.23.